The molecule has 0 saturated carbocycles. The van der Waals surface area contributed by atoms with Crippen molar-refractivity contribution >= 4 is 17.9 Å². The fourth-order valence-electron chi connectivity index (χ4n) is 6.00. The van der Waals surface area contributed by atoms with Crippen LogP contribution in [0.1, 0.15) is 188 Å². The van der Waals surface area contributed by atoms with Gasteiger partial charge in [-0.1, -0.05) is 200 Å². The highest BCUT2D eigenvalue weighted by Gasteiger charge is 2.19. The van der Waals surface area contributed by atoms with Crippen LogP contribution in [0.2, 0.25) is 0 Å². The van der Waals surface area contributed by atoms with E-state index in [0.29, 0.717) is 19.3 Å². The molecule has 0 aromatic carbocycles. The Kier molecular flexibility index (Phi) is 45.1. The molecule has 0 aliphatic rings. The van der Waals surface area contributed by atoms with Gasteiger partial charge >= 0.3 is 17.9 Å². The molecule has 1 unspecified atom stereocenters. The number of ether oxygens (including phenoxy) is 3. The maximum Gasteiger partial charge on any atom is 0.306 e. The Morgan fingerprint density at radius 3 is 1.23 bits per heavy atom. The molecule has 6 nitrogen and oxygen atoms in total. The highest BCUT2D eigenvalue weighted by atomic mass is 16.6. The van der Waals surface area contributed by atoms with Gasteiger partial charge in [-0.25, -0.2) is 0 Å². The minimum atomic E-state index is -0.829. The zero-order valence-corrected chi connectivity index (χ0v) is 38.9. The molecular weight excluding hydrogens is 757 g/mol. The normalized spacial score (nSPS) is 13.2. The lowest BCUT2D eigenvalue weighted by atomic mass is 10.1. The second kappa shape index (κ2) is 48.5. The van der Waals surface area contributed by atoms with Gasteiger partial charge in [0.2, 0.25) is 0 Å². The molecule has 0 fully saturated rings. The molecule has 342 valence electrons. The first-order chi connectivity index (χ1) is 30.0. The van der Waals surface area contributed by atoms with Crippen LogP contribution in [-0.2, 0) is 28.6 Å². The average Bonchev–Trinajstić information content (AvgIpc) is 3.26. The van der Waals surface area contributed by atoms with Crippen molar-refractivity contribution in [3.63, 3.8) is 0 Å². The van der Waals surface area contributed by atoms with Gasteiger partial charge in [0.1, 0.15) is 13.2 Å². The van der Waals surface area contributed by atoms with Crippen molar-refractivity contribution in [1.82, 2.24) is 0 Å². The first kappa shape index (κ1) is 56.8. The summed E-state index contributed by atoms with van der Waals surface area (Å²) < 4.78 is 16.6. The summed E-state index contributed by atoms with van der Waals surface area (Å²) in [7, 11) is 0. The van der Waals surface area contributed by atoms with Crippen molar-refractivity contribution in [2.75, 3.05) is 13.2 Å². The summed E-state index contributed by atoms with van der Waals surface area (Å²) in [5.74, 6) is -1.05. The monoisotopic (exact) mass is 843 g/mol. The van der Waals surface area contributed by atoms with Gasteiger partial charge in [-0.15, -0.1) is 0 Å². The molecule has 0 radical (unpaired) electrons. The topological polar surface area (TPSA) is 78.9 Å². The van der Waals surface area contributed by atoms with E-state index in [0.717, 1.165) is 89.9 Å². The van der Waals surface area contributed by atoms with Gasteiger partial charge in [0.05, 0.1) is 0 Å². The number of allylic oxidation sites excluding steroid dienone is 20. The van der Waals surface area contributed by atoms with E-state index in [-0.39, 0.29) is 44.0 Å². The van der Waals surface area contributed by atoms with E-state index in [2.05, 4.69) is 99.8 Å². The lowest BCUT2D eigenvalue weighted by molar-refractivity contribution is -0.167. The molecule has 0 saturated heterocycles. The molecular formula is C55H86O6. The van der Waals surface area contributed by atoms with Crippen LogP contribution in [0.4, 0.5) is 0 Å². The first-order valence-electron chi connectivity index (χ1n) is 24.1. The largest absolute Gasteiger partial charge is 0.462 e. The predicted octanol–water partition coefficient (Wildman–Crippen LogP) is 15.7. The van der Waals surface area contributed by atoms with Crippen molar-refractivity contribution in [3.8, 4) is 0 Å². The van der Waals surface area contributed by atoms with E-state index in [1.807, 2.05) is 42.5 Å². The van der Waals surface area contributed by atoms with Crippen LogP contribution in [0.15, 0.2) is 122 Å². The molecule has 0 spiro atoms. The molecule has 6 heteroatoms. The molecule has 0 bridgehead atoms. The summed E-state index contributed by atoms with van der Waals surface area (Å²) in [6.07, 6.45) is 66.2. The molecule has 0 aromatic heterocycles. The summed E-state index contributed by atoms with van der Waals surface area (Å²) in [5, 5.41) is 0. The van der Waals surface area contributed by atoms with E-state index in [9.17, 15) is 14.4 Å². The standard InChI is InChI=1S/C55H86O6/c1-4-7-10-13-16-19-22-25-26-27-28-31-33-36-39-42-45-48-54(57)60-51-52(61-55(58)49-46-43-40-37-34-30-24-21-18-15-12-9-6-3)50-59-53(56)47-44-41-38-35-32-29-23-20-17-14-11-8-5-2/h8-9,11-12,14-15,17-18,20-21,23-26,28,30-31,34,36,39,52H,4-7,10,13,16,19,22,27,29,32-33,35,37-38,40-51H2,1-3H3/b11-8+,12-9+,17-14+,18-15+,23-20+,24-21+,26-25+,31-28+,34-30+,39-36+. The third-order valence-electron chi connectivity index (χ3n) is 9.59. The van der Waals surface area contributed by atoms with Gasteiger partial charge in [-0.2, -0.15) is 0 Å². The van der Waals surface area contributed by atoms with Gasteiger partial charge in [0.15, 0.2) is 6.10 Å². The predicted molar refractivity (Wildman–Crippen MR) is 260 cm³/mol. The molecule has 0 amide bonds. The third-order valence-corrected chi connectivity index (χ3v) is 9.59. The van der Waals surface area contributed by atoms with Crippen LogP contribution in [0, 0.1) is 0 Å². The fourth-order valence-corrected chi connectivity index (χ4v) is 6.00. The minimum absolute atomic E-state index is 0.125. The van der Waals surface area contributed by atoms with Crippen molar-refractivity contribution in [2.45, 2.75) is 194 Å². The second-order valence-corrected chi connectivity index (χ2v) is 15.4. The first-order valence-corrected chi connectivity index (χ1v) is 24.1. The van der Waals surface area contributed by atoms with E-state index >= 15 is 0 Å². The van der Waals surface area contributed by atoms with Crippen LogP contribution in [0.3, 0.4) is 0 Å². The highest BCUT2D eigenvalue weighted by molar-refractivity contribution is 5.71. The molecule has 0 aromatic rings. The van der Waals surface area contributed by atoms with Crippen LogP contribution in [0.5, 0.6) is 0 Å². The average molecular weight is 843 g/mol. The summed E-state index contributed by atoms with van der Waals surface area (Å²) in [6.45, 7) is 6.23. The maximum absolute atomic E-state index is 12.7. The number of hydrogen-bond donors (Lipinski definition) is 0. The van der Waals surface area contributed by atoms with Crippen LogP contribution in [0.25, 0.3) is 0 Å². The smallest absolute Gasteiger partial charge is 0.306 e. The number of hydrogen-bond acceptors (Lipinski definition) is 6. The van der Waals surface area contributed by atoms with E-state index in [4.69, 9.17) is 14.2 Å². The summed E-state index contributed by atoms with van der Waals surface area (Å²) in [4.78, 5) is 37.8. The van der Waals surface area contributed by atoms with Crippen LogP contribution in [-0.4, -0.2) is 37.2 Å². The zero-order valence-electron chi connectivity index (χ0n) is 38.9. The maximum atomic E-state index is 12.7. The summed E-state index contributed by atoms with van der Waals surface area (Å²) in [6, 6.07) is 0. The van der Waals surface area contributed by atoms with Gasteiger partial charge in [-0.3, -0.25) is 14.4 Å². The number of rotatable bonds is 41. The van der Waals surface area contributed by atoms with E-state index < -0.39 is 6.10 Å². The Bertz CT molecular complexity index is 1340. The molecule has 0 aliphatic heterocycles. The van der Waals surface area contributed by atoms with Crippen molar-refractivity contribution in [1.29, 1.82) is 0 Å². The number of carbonyl (C=O) groups is 3. The number of unbranched alkanes of at least 4 members (excludes halogenated alkanes) is 15. The zero-order chi connectivity index (χ0) is 44.4. The Morgan fingerprint density at radius 2 is 0.721 bits per heavy atom. The van der Waals surface area contributed by atoms with Crippen LogP contribution >= 0.6 is 0 Å². The fraction of sp³-hybridized carbons (Fsp3) is 0.582. The van der Waals surface area contributed by atoms with Gasteiger partial charge in [0.25, 0.3) is 0 Å². The number of carbonyl (C=O) groups excluding carboxylic acids is 3. The van der Waals surface area contributed by atoms with Crippen molar-refractivity contribution in [3.05, 3.63) is 122 Å². The quantitative estimate of drug-likeness (QED) is 0.0201. The lowest BCUT2D eigenvalue weighted by Gasteiger charge is -2.18. The Balaban J connectivity index is 4.57. The minimum Gasteiger partial charge on any atom is -0.462 e. The van der Waals surface area contributed by atoms with Crippen molar-refractivity contribution < 1.29 is 28.6 Å². The van der Waals surface area contributed by atoms with Gasteiger partial charge < -0.3 is 14.2 Å². The molecule has 0 aliphatic carbocycles. The SMILES string of the molecule is CC/C=C/C=C/C=C/C=C/CCCCCC(=O)OC(COC(=O)CCC/C=C/C/C=C/C/C=C/CCCCCCCC)COC(=O)CCCCCCC/C=C/C=C/C=C/CC. The Hall–Kier alpha value is -4.19. The number of esters is 3. The molecule has 1 atom stereocenters. The molecule has 0 N–H and O–H groups in total. The molecule has 0 rings (SSSR count). The lowest BCUT2D eigenvalue weighted by Crippen LogP contribution is -2.30. The Labute approximate surface area is 373 Å². The summed E-state index contributed by atoms with van der Waals surface area (Å²) in [5.41, 5.74) is 0. The van der Waals surface area contributed by atoms with Gasteiger partial charge in [0, 0.05) is 19.3 Å². The van der Waals surface area contributed by atoms with E-state index in [1.54, 1.807) is 0 Å². The molecule has 61 heavy (non-hydrogen) atoms. The highest BCUT2D eigenvalue weighted by Crippen LogP contribution is 2.12. The Morgan fingerprint density at radius 1 is 0.361 bits per heavy atom. The molecule has 0 heterocycles. The second-order valence-electron chi connectivity index (χ2n) is 15.4. The van der Waals surface area contributed by atoms with Gasteiger partial charge in [-0.05, 0) is 89.9 Å². The summed E-state index contributed by atoms with van der Waals surface area (Å²) >= 11 is 0. The third kappa shape index (κ3) is 46.7. The van der Waals surface area contributed by atoms with Crippen LogP contribution < -0.4 is 0 Å². The van der Waals surface area contributed by atoms with E-state index in [1.165, 1.54) is 44.9 Å². The van der Waals surface area contributed by atoms with Crippen molar-refractivity contribution in [2.24, 2.45) is 0 Å².